The summed E-state index contributed by atoms with van der Waals surface area (Å²) in [6.07, 6.45) is 0.0302. The molecular formula is C11H7FO3. The summed E-state index contributed by atoms with van der Waals surface area (Å²) in [6, 6.07) is 4.19. The van der Waals surface area contributed by atoms with Gasteiger partial charge in [0.25, 0.3) is 0 Å². The fraction of sp³-hybridized carbons (Fsp3) is 0.0909. The van der Waals surface area contributed by atoms with Crippen molar-refractivity contribution < 1.29 is 19.1 Å². The van der Waals surface area contributed by atoms with E-state index in [1.54, 1.807) is 0 Å². The first-order valence-electron chi connectivity index (χ1n) is 4.09. The monoisotopic (exact) mass is 206 g/mol. The fourth-order valence-corrected chi connectivity index (χ4v) is 0.952. The number of carboxylic acids is 1. The number of aliphatic carboxylic acids is 1. The lowest BCUT2D eigenvalue weighted by Gasteiger charge is -1.96. The van der Waals surface area contributed by atoms with Crippen molar-refractivity contribution in [2.24, 2.45) is 0 Å². The van der Waals surface area contributed by atoms with Gasteiger partial charge < -0.3 is 5.11 Å². The Morgan fingerprint density at radius 3 is 2.87 bits per heavy atom. The number of carbonyl (C=O) groups is 2. The molecule has 0 saturated carbocycles. The van der Waals surface area contributed by atoms with E-state index in [-0.39, 0.29) is 17.5 Å². The van der Waals surface area contributed by atoms with Gasteiger partial charge in [-0.3, -0.25) is 9.59 Å². The molecule has 0 aliphatic carbocycles. The third-order valence-electron chi connectivity index (χ3n) is 1.62. The Hall–Kier alpha value is -2.15. The maximum atomic E-state index is 13.3. The van der Waals surface area contributed by atoms with E-state index in [2.05, 4.69) is 11.8 Å². The van der Waals surface area contributed by atoms with Crippen LogP contribution in [0.3, 0.4) is 0 Å². The van der Waals surface area contributed by atoms with Crippen LogP contribution >= 0.6 is 0 Å². The highest BCUT2D eigenvalue weighted by molar-refractivity contribution is 5.76. The minimum atomic E-state index is -1.07. The molecule has 0 spiro atoms. The largest absolute Gasteiger partial charge is 0.481 e. The van der Waals surface area contributed by atoms with Crippen LogP contribution in [-0.4, -0.2) is 17.4 Å². The molecule has 0 fully saturated rings. The average Bonchev–Trinajstić information content (AvgIpc) is 2.20. The summed E-state index contributed by atoms with van der Waals surface area (Å²) in [5.41, 5.74) is -0.0574. The Labute approximate surface area is 85.5 Å². The predicted octanol–water partition coefficient (Wildman–Crippen LogP) is 1.46. The molecule has 1 N–H and O–H groups in total. The summed E-state index contributed by atoms with van der Waals surface area (Å²) < 4.78 is 13.3. The van der Waals surface area contributed by atoms with Crippen LogP contribution in [-0.2, 0) is 4.79 Å². The highest BCUT2D eigenvalue weighted by atomic mass is 19.1. The summed E-state index contributed by atoms with van der Waals surface area (Å²) in [6.45, 7) is 0. The minimum Gasteiger partial charge on any atom is -0.481 e. The van der Waals surface area contributed by atoms with Gasteiger partial charge in [0.15, 0.2) is 6.29 Å². The van der Waals surface area contributed by atoms with E-state index in [0.717, 1.165) is 0 Å². The van der Waals surface area contributed by atoms with Crippen molar-refractivity contribution in [3.63, 3.8) is 0 Å². The van der Waals surface area contributed by atoms with E-state index in [1.807, 2.05) is 0 Å². The molecule has 15 heavy (non-hydrogen) atoms. The lowest BCUT2D eigenvalue weighted by atomic mass is 10.1. The smallest absolute Gasteiger partial charge is 0.315 e. The van der Waals surface area contributed by atoms with Crippen LogP contribution in [0.25, 0.3) is 0 Å². The Morgan fingerprint density at radius 1 is 1.53 bits per heavy atom. The molecule has 1 aromatic rings. The standard InChI is InChI=1S/C11H7FO3/c12-11-8(4-2-6-10(14)15)3-1-5-9(11)7-13/h1,3,5,7H,6H2,(H,14,15). The predicted molar refractivity (Wildman–Crippen MR) is 50.9 cm³/mol. The van der Waals surface area contributed by atoms with Gasteiger partial charge in [-0.2, -0.15) is 0 Å². The number of halogens is 1. The van der Waals surface area contributed by atoms with E-state index in [0.29, 0.717) is 6.29 Å². The van der Waals surface area contributed by atoms with E-state index < -0.39 is 11.8 Å². The molecule has 3 nitrogen and oxygen atoms in total. The van der Waals surface area contributed by atoms with Gasteiger partial charge in [0.05, 0.1) is 11.1 Å². The van der Waals surface area contributed by atoms with Crippen molar-refractivity contribution >= 4 is 12.3 Å². The number of benzene rings is 1. The number of hydrogen-bond acceptors (Lipinski definition) is 2. The van der Waals surface area contributed by atoms with Crippen LogP contribution in [0.1, 0.15) is 22.3 Å². The molecule has 0 heterocycles. The average molecular weight is 206 g/mol. The van der Waals surface area contributed by atoms with Gasteiger partial charge in [-0.05, 0) is 12.1 Å². The molecule has 0 atom stereocenters. The van der Waals surface area contributed by atoms with Crippen LogP contribution in [0, 0.1) is 17.7 Å². The maximum absolute atomic E-state index is 13.3. The van der Waals surface area contributed by atoms with Crippen LogP contribution in [0.2, 0.25) is 0 Å². The topological polar surface area (TPSA) is 54.4 Å². The maximum Gasteiger partial charge on any atom is 0.315 e. The summed E-state index contributed by atoms with van der Waals surface area (Å²) in [4.78, 5) is 20.5. The first-order chi connectivity index (χ1) is 7.15. The molecule has 0 bridgehead atoms. The van der Waals surface area contributed by atoms with Gasteiger partial charge in [0.2, 0.25) is 0 Å². The lowest BCUT2D eigenvalue weighted by Crippen LogP contribution is -1.93. The molecule has 4 heteroatoms. The molecule has 76 valence electrons. The molecular weight excluding hydrogens is 199 g/mol. The molecule has 1 aromatic carbocycles. The van der Waals surface area contributed by atoms with Gasteiger partial charge in [-0.1, -0.05) is 17.9 Å². The molecule has 0 radical (unpaired) electrons. The van der Waals surface area contributed by atoms with E-state index >= 15 is 0 Å². The second-order valence-corrected chi connectivity index (χ2v) is 2.70. The van der Waals surface area contributed by atoms with E-state index in [9.17, 15) is 14.0 Å². The molecule has 0 aliphatic heterocycles. The van der Waals surface area contributed by atoms with Crippen LogP contribution < -0.4 is 0 Å². The van der Waals surface area contributed by atoms with E-state index in [1.165, 1.54) is 18.2 Å². The second-order valence-electron chi connectivity index (χ2n) is 2.70. The van der Waals surface area contributed by atoms with E-state index in [4.69, 9.17) is 5.11 Å². The number of aldehydes is 1. The molecule has 0 saturated heterocycles. The van der Waals surface area contributed by atoms with Crippen molar-refractivity contribution in [2.75, 3.05) is 0 Å². The summed E-state index contributed by atoms with van der Waals surface area (Å²) in [5, 5.41) is 8.31. The Kier molecular flexibility index (Phi) is 3.58. The summed E-state index contributed by atoms with van der Waals surface area (Å²) in [7, 11) is 0. The van der Waals surface area contributed by atoms with Gasteiger partial charge in [0.1, 0.15) is 12.2 Å². The quantitative estimate of drug-likeness (QED) is 0.588. The van der Waals surface area contributed by atoms with Gasteiger partial charge >= 0.3 is 5.97 Å². The number of hydrogen-bond donors (Lipinski definition) is 1. The summed E-state index contributed by atoms with van der Waals surface area (Å²) >= 11 is 0. The molecule has 0 unspecified atom stereocenters. The van der Waals surface area contributed by atoms with Crippen molar-refractivity contribution in [3.8, 4) is 11.8 Å². The first kappa shape index (κ1) is 10.9. The molecule has 0 amide bonds. The van der Waals surface area contributed by atoms with Gasteiger partial charge in [-0.15, -0.1) is 0 Å². The Balaban J connectivity index is 2.98. The highest BCUT2D eigenvalue weighted by Gasteiger charge is 2.04. The zero-order valence-electron chi connectivity index (χ0n) is 7.66. The normalized spacial score (nSPS) is 8.87. The second kappa shape index (κ2) is 4.91. The highest BCUT2D eigenvalue weighted by Crippen LogP contribution is 2.09. The summed E-state index contributed by atoms with van der Waals surface area (Å²) in [5.74, 6) is 2.85. The third-order valence-corrected chi connectivity index (χ3v) is 1.62. The van der Waals surface area contributed by atoms with Crippen LogP contribution in [0.4, 0.5) is 4.39 Å². The number of rotatable bonds is 2. The zero-order valence-corrected chi connectivity index (χ0v) is 7.66. The first-order valence-corrected chi connectivity index (χ1v) is 4.09. The molecule has 1 rings (SSSR count). The molecule has 0 aliphatic rings. The minimum absolute atomic E-state index is 0.0286. The van der Waals surface area contributed by atoms with Crippen LogP contribution in [0.5, 0.6) is 0 Å². The SMILES string of the molecule is O=Cc1cccc(C#CCC(=O)O)c1F. The lowest BCUT2D eigenvalue weighted by molar-refractivity contribution is -0.135. The number of carbonyl (C=O) groups excluding carboxylic acids is 1. The van der Waals surface area contributed by atoms with Crippen molar-refractivity contribution in [2.45, 2.75) is 6.42 Å². The fourth-order valence-electron chi connectivity index (χ4n) is 0.952. The Morgan fingerprint density at radius 2 is 2.27 bits per heavy atom. The van der Waals surface area contributed by atoms with Gasteiger partial charge in [0, 0.05) is 0 Å². The van der Waals surface area contributed by atoms with Crippen LogP contribution in [0.15, 0.2) is 18.2 Å². The molecule has 0 aromatic heterocycles. The number of carboxylic acid groups (broad SMARTS) is 1. The van der Waals surface area contributed by atoms with Gasteiger partial charge in [-0.25, -0.2) is 4.39 Å². The van der Waals surface area contributed by atoms with Crippen molar-refractivity contribution in [1.29, 1.82) is 0 Å². The zero-order chi connectivity index (χ0) is 11.3. The Bertz CT molecular complexity index is 455. The van der Waals surface area contributed by atoms with Crippen molar-refractivity contribution in [3.05, 3.63) is 35.1 Å². The van der Waals surface area contributed by atoms with Crippen molar-refractivity contribution in [1.82, 2.24) is 0 Å². The third kappa shape index (κ3) is 2.92.